The third-order valence-electron chi connectivity index (χ3n) is 2.48. The van der Waals surface area contributed by atoms with Gasteiger partial charge in [-0.15, -0.1) is 11.3 Å². The Bertz CT molecular complexity index is 555. The van der Waals surface area contributed by atoms with Crippen molar-refractivity contribution < 1.29 is 14.3 Å². The van der Waals surface area contributed by atoms with E-state index in [4.69, 9.17) is 9.47 Å². The molecule has 0 radical (unpaired) electrons. The Balaban J connectivity index is 2.52. The minimum absolute atomic E-state index is 0.0801. The summed E-state index contributed by atoms with van der Waals surface area (Å²) in [7, 11) is 3.09. The highest BCUT2D eigenvalue weighted by Gasteiger charge is 2.20. The van der Waals surface area contributed by atoms with Crippen LogP contribution in [0.5, 0.6) is 11.5 Å². The van der Waals surface area contributed by atoms with Crippen LogP contribution in [0.4, 0.5) is 0 Å². The van der Waals surface area contributed by atoms with Crippen molar-refractivity contribution in [1.29, 1.82) is 0 Å². The van der Waals surface area contributed by atoms with E-state index in [0.29, 0.717) is 22.6 Å². The van der Waals surface area contributed by atoms with Crippen molar-refractivity contribution in [2.45, 2.75) is 0 Å². The van der Waals surface area contributed by atoms with E-state index in [9.17, 15) is 4.79 Å². The number of halogens is 1. The first kappa shape index (κ1) is 13.4. The Morgan fingerprint density at radius 2 is 1.83 bits per heavy atom. The SMILES string of the molecule is COc1cccc(OC)c1C(=O)c1csc(I)c1. The number of hydrogen-bond donors (Lipinski definition) is 0. The molecule has 0 unspecified atom stereocenters. The number of ketones is 1. The van der Waals surface area contributed by atoms with Gasteiger partial charge in [0.1, 0.15) is 17.1 Å². The van der Waals surface area contributed by atoms with Crippen molar-refractivity contribution in [3.8, 4) is 11.5 Å². The first-order chi connectivity index (χ1) is 8.67. The molecule has 0 spiro atoms. The van der Waals surface area contributed by atoms with Gasteiger partial charge in [-0.25, -0.2) is 0 Å². The van der Waals surface area contributed by atoms with Gasteiger partial charge in [-0.1, -0.05) is 6.07 Å². The molecule has 3 nitrogen and oxygen atoms in total. The van der Waals surface area contributed by atoms with Crippen LogP contribution in [0.25, 0.3) is 0 Å². The monoisotopic (exact) mass is 374 g/mol. The lowest BCUT2D eigenvalue weighted by Crippen LogP contribution is -2.05. The maximum absolute atomic E-state index is 12.5. The van der Waals surface area contributed by atoms with Gasteiger partial charge in [0.2, 0.25) is 5.78 Å². The summed E-state index contributed by atoms with van der Waals surface area (Å²) in [6.07, 6.45) is 0. The molecule has 18 heavy (non-hydrogen) atoms. The summed E-state index contributed by atoms with van der Waals surface area (Å²) in [5.41, 5.74) is 1.13. The van der Waals surface area contributed by atoms with Gasteiger partial charge >= 0.3 is 0 Å². The summed E-state index contributed by atoms with van der Waals surface area (Å²) in [5.74, 6) is 0.976. The fourth-order valence-electron chi connectivity index (χ4n) is 1.65. The molecule has 1 aromatic carbocycles. The number of rotatable bonds is 4. The van der Waals surface area contributed by atoms with E-state index in [1.54, 1.807) is 32.4 Å². The molecule has 0 saturated heterocycles. The number of hydrogen-bond acceptors (Lipinski definition) is 4. The molecule has 1 aromatic heterocycles. The first-order valence-corrected chi connectivity index (χ1v) is 7.13. The molecule has 5 heteroatoms. The van der Waals surface area contributed by atoms with E-state index in [-0.39, 0.29) is 5.78 Å². The second kappa shape index (κ2) is 5.71. The second-order valence-electron chi connectivity index (χ2n) is 3.51. The molecule has 2 aromatic rings. The Morgan fingerprint density at radius 1 is 1.22 bits per heavy atom. The van der Waals surface area contributed by atoms with E-state index >= 15 is 0 Å². The van der Waals surface area contributed by atoms with E-state index in [1.807, 2.05) is 11.4 Å². The minimum atomic E-state index is -0.0801. The van der Waals surface area contributed by atoms with Crippen LogP contribution in [0.15, 0.2) is 29.6 Å². The molecule has 0 aliphatic rings. The average molecular weight is 374 g/mol. The van der Waals surface area contributed by atoms with E-state index < -0.39 is 0 Å². The standard InChI is InChI=1S/C13H11IO3S/c1-16-9-4-3-5-10(17-2)12(9)13(15)8-6-11(14)18-7-8/h3-7H,1-2H3. The van der Waals surface area contributed by atoms with Crippen LogP contribution >= 0.6 is 33.9 Å². The topological polar surface area (TPSA) is 35.5 Å². The molecule has 0 bridgehead atoms. The van der Waals surface area contributed by atoms with E-state index in [2.05, 4.69) is 22.6 Å². The van der Waals surface area contributed by atoms with Gasteiger partial charge in [0.15, 0.2) is 0 Å². The Labute approximate surface area is 123 Å². The Morgan fingerprint density at radius 3 is 2.28 bits per heavy atom. The smallest absolute Gasteiger partial charge is 0.201 e. The average Bonchev–Trinajstić information content (AvgIpc) is 2.83. The molecule has 0 N–H and O–H groups in total. The number of ether oxygens (including phenoxy) is 2. The highest BCUT2D eigenvalue weighted by molar-refractivity contribution is 14.1. The maximum atomic E-state index is 12.5. The van der Waals surface area contributed by atoms with Crippen LogP contribution in [-0.2, 0) is 0 Å². The second-order valence-corrected chi connectivity index (χ2v) is 6.31. The predicted molar refractivity (Wildman–Crippen MR) is 80.0 cm³/mol. The summed E-state index contributed by atoms with van der Waals surface area (Å²) in [6.45, 7) is 0. The van der Waals surface area contributed by atoms with Gasteiger partial charge < -0.3 is 9.47 Å². The van der Waals surface area contributed by atoms with Gasteiger partial charge in [0.05, 0.1) is 17.1 Å². The highest BCUT2D eigenvalue weighted by atomic mass is 127. The van der Waals surface area contributed by atoms with Crippen molar-refractivity contribution in [3.63, 3.8) is 0 Å². The van der Waals surface area contributed by atoms with E-state index in [1.165, 1.54) is 11.3 Å². The number of thiophene rings is 1. The molecule has 0 aliphatic carbocycles. The summed E-state index contributed by atoms with van der Waals surface area (Å²) in [6, 6.07) is 7.17. The highest BCUT2D eigenvalue weighted by Crippen LogP contribution is 2.31. The van der Waals surface area contributed by atoms with Gasteiger partial charge in [0.25, 0.3) is 0 Å². The largest absolute Gasteiger partial charge is 0.496 e. The van der Waals surface area contributed by atoms with E-state index in [0.717, 1.165) is 2.88 Å². The zero-order valence-corrected chi connectivity index (χ0v) is 12.9. The van der Waals surface area contributed by atoms with Crippen molar-refractivity contribution in [1.82, 2.24) is 0 Å². The first-order valence-electron chi connectivity index (χ1n) is 5.17. The zero-order valence-electron chi connectivity index (χ0n) is 9.90. The third kappa shape index (κ3) is 2.51. The fourth-order valence-corrected chi connectivity index (χ4v) is 2.98. The Hall–Kier alpha value is -1.08. The maximum Gasteiger partial charge on any atom is 0.201 e. The normalized spacial score (nSPS) is 10.2. The van der Waals surface area contributed by atoms with Gasteiger partial charge in [0, 0.05) is 10.9 Å². The molecule has 0 aliphatic heterocycles. The number of carbonyl (C=O) groups excluding carboxylic acids is 1. The van der Waals surface area contributed by atoms with Crippen LogP contribution in [0.2, 0.25) is 0 Å². The molecule has 1 heterocycles. The van der Waals surface area contributed by atoms with Gasteiger partial charge in [-0.05, 0) is 40.8 Å². The summed E-state index contributed by atoms with van der Waals surface area (Å²) in [5, 5.41) is 1.84. The molecule has 94 valence electrons. The summed E-state index contributed by atoms with van der Waals surface area (Å²) >= 11 is 3.73. The third-order valence-corrected chi connectivity index (χ3v) is 4.27. The summed E-state index contributed by atoms with van der Waals surface area (Å²) in [4.78, 5) is 12.5. The fraction of sp³-hybridized carbons (Fsp3) is 0.154. The van der Waals surface area contributed by atoms with Crippen molar-refractivity contribution in [3.05, 3.63) is 43.7 Å². The van der Waals surface area contributed by atoms with Crippen LogP contribution in [0, 0.1) is 2.88 Å². The summed E-state index contributed by atoms with van der Waals surface area (Å²) < 4.78 is 11.5. The number of methoxy groups -OCH3 is 2. The van der Waals surface area contributed by atoms with Gasteiger partial charge in [-0.3, -0.25) is 4.79 Å². The van der Waals surface area contributed by atoms with Crippen molar-refractivity contribution in [2.24, 2.45) is 0 Å². The van der Waals surface area contributed by atoms with Gasteiger partial charge in [-0.2, -0.15) is 0 Å². The predicted octanol–water partition coefficient (Wildman–Crippen LogP) is 3.60. The Kier molecular flexibility index (Phi) is 4.23. The zero-order chi connectivity index (χ0) is 13.1. The number of carbonyl (C=O) groups is 1. The lowest BCUT2D eigenvalue weighted by atomic mass is 10.0. The van der Waals surface area contributed by atoms with Crippen LogP contribution in [0.3, 0.4) is 0 Å². The van der Waals surface area contributed by atoms with Crippen molar-refractivity contribution in [2.75, 3.05) is 14.2 Å². The van der Waals surface area contributed by atoms with Crippen LogP contribution in [-0.4, -0.2) is 20.0 Å². The molecular formula is C13H11IO3S. The lowest BCUT2D eigenvalue weighted by molar-refractivity contribution is 0.103. The minimum Gasteiger partial charge on any atom is -0.496 e. The van der Waals surface area contributed by atoms with Crippen molar-refractivity contribution >= 4 is 39.7 Å². The molecule has 0 amide bonds. The molecule has 0 fully saturated rings. The van der Waals surface area contributed by atoms with Crippen LogP contribution < -0.4 is 9.47 Å². The molecule has 0 saturated carbocycles. The molecule has 2 rings (SSSR count). The molecular weight excluding hydrogens is 363 g/mol. The number of benzene rings is 1. The van der Waals surface area contributed by atoms with Crippen LogP contribution in [0.1, 0.15) is 15.9 Å². The quantitative estimate of drug-likeness (QED) is 0.606. The molecule has 0 atom stereocenters. The lowest BCUT2D eigenvalue weighted by Gasteiger charge is -2.11.